The molecule has 4 heteroatoms. The average molecular weight is 393 g/mol. The van der Waals surface area contributed by atoms with Gasteiger partial charge in [-0.1, -0.05) is 63.7 Å². The number of esters is 1. The summed E-state index contributed by atoms with van der Waals surface area (Å²) in [6.45, 7) is 7.79. The number of allylic oxidation sites excluding steroid dienone is 2. The average Bonchev–Trinajstić information content (AvgIpc) is 2.73. The van der Waals surface area contributed by atoms with Gasteiger partial charge in [-0.15, -0.1) is 6.58 Å². The molecule has 28 heavy (non-hydrogen) atoms. The highest BCUT2D eigenvalue weighted by molar-refractivity contribution is 5.74. The number of carboxylic acids is 1. The first-order valence-electron chi connectivity index (χ1n) is 11.1. The Morgan fingerprint density at radius 3 is 2.14 bits per heavy atom. The summed E-state index contributed by atoms with van der Waals surface area (Å²) in [7, 11) is 0. The number of carboxylic acid groups (broad SMARTS) is 1. The lowest BCUT2D eigenvalue weighted by atomic mass is 9.68. The molecule has 4 nitrogen and oxygen atoms in total. The molecule has 0 aliphatic heterocycles. The molecule has 0 heterocycles. The van der Waals surface area contributed by atoms with Crippen molar-refractivity contribution < 1.29 is 19.4 Å². The lowest BCUT2D eigenvalue weighted by molar-refractivity contribution is -0.152. The molecule has 1 N–H and O–H groups in total. The molecule has 0 spiro atoms. The van der Waals surface area contributed by atoms with Gasteiger partial charge in [0.2, 0.25) is 0 Å². The van der Waals surface area contributed by atoms with Crippen molar-refractivity contribution in [3.63, 3.8) is 0 Å². The van der Waals surface area contributed by atoms with Crippen molar-refractivity contribution in [3.05, 3.63) is 24.8 Å². The molecule has 0 bridgehead atoms. The summed E-state index contributed by atoms with van der Waals surface area (Å²) in [6.07, 6.45) is 19.5. The maximum Gasteiger partial charge on any atom is 0.309 e. The van der Waals surface area contributed by atoms with Crippen molar-refractivity contribution in [2.45, 2.75) is 90.9 Å². The first-order chi connectivity index (χ1) is 13.4. The van der Waals surface area contributed by atoms with Gasteiger partial charge in [0.1, 0.15) is 6.61 Å². The number of rotatable bonds is 8. The van der Waals surface area contributed by atoms with Crippen LogP contribution in [-0.4, -0.2) is 23.7 Å². The van der Waals surface area contributed by atoms with E-state index in [1.54, 1.807) is 6.08 Å². The molecule has 160 valence electrons. The molecular formula is C24H40O4. The van der Waals surface area contributed by atoms with Crippen LogP contribution in [0.2, 0.25) is 0 Å². The largest absolute Gasteiger partial charge is 0.481 e. The minimum atomic E-state index is -0.663. The van der Waals surface area contributed by atoms with Gasteiger partial charge in [0.15, 0.2) is 0 Å². The van der Waals surface area contributed by atoms with Gasteiger partial charge in [-0.05, 0) is 50.9 Å². The van der Waals surface area contributed by atoms with E-state index < -0.39 is 11.4 Å². The standard InChI is InChI=1S/2C12H20O2/c1-3-9-12(2,11(13)14)10-7-5-4-6-8-10;1-2-12(13)14-10-6-9-11-7-4-3-5-8-11/h3,10H,1,4-9H2,2H3,(H,13,14);6,9,11H,2-5,7-8,10H2,1H3. The van der Waals surface area contributed by atoms with Crippen molar-refractivity contribution in [1.82, 2.24) is 0 Å². The first kappa shape index (κ1) is 24.5. The summed E-state index contributed by atoms with van der Waals surface area (Å²) in [4.78, 5) is 22.1. The van der Waals surface area contributed by atoms with Crippen molar-refractivity contribution >= 4 is 11.9 Å². The highest BCUT2D eigenvalue weighted by Gasteiger charge is 2.40. The minimum Gasteiger partial charge on any atom is -0.481 e. The van der Waals surface area contributed by atoms with E-state index in [1.165, 1.54) is 51.4 Å². The molecule has 0 saturated heterocycles. The van der Waals surface area contributed by atoms with Gasteiger partial charge >= 0.3 is 11.9 Å². The Morgan fingerprint density at radius 2 is 1.64 bits per heavy atom. The summed E-state index contributed by atoms with van der Waals surface area (Å²) in [6, 6.07) is 0. The second-order valence-corrected chi connectivity index (χ2v) is 8.41. The predicted octanol–water partition coefficient (Wildman–Crippen LogP) is 6.31. The van der Waals surface area contributed by atoms with E-state index in [0.29, 0.717) is 25.4 Å². The quantitative estimate of drug-likeness (QED) is 0.388. The molecule has 0 aromatic rings. The van der Waals surface area contributed by atoms with Gasteiger partial charge in [-0.25, -0.2) is 0 Å². The van der Waals surface area contributed by atoms with Crippen molar-refractivity contribution in [3.8, 4) is 0 Å². The number of hydrogen-bond donors (Lipinski definition) is 1. The molecule has 2 aliphatic rings. The fourth-order valence-corrected chi connectivity index (χ4v) is 4.29. The van der Waals surface area contributed by atoms with Crippen LogP contribution >= 0.6 is 0 Å². The van der Waals surface area contributed by atoms with Crippen LogP contribution in [0.3, 0.4) is 0 Å². The van der Waals surface area contributed by atoms with E-state index in [-0.39, 0.29) is 5.97 Å². The highest BCUT2D eigenvalue weighted by atomic mass is 16.5. The summed E-state index contributed by atoms with van der Waals surface area (Å²) in [5.41, 5.74) is -0.581. The third kappa shape index (κ3) is 8.62. The van der Waals surface area contributed by atoms with Crippen LogP contribution in [0.4, 0.5) is 0 Å². The molecule has 2 saturated carbocycles. The summed E-state index contributed by atoms with van der Waals surface area (Å²) >= 11 is 0. The molecular weight excluding hydrogens is 352 g/mol. The molecule has 1 unspecified atom stereocenters. The Kier molecular flexibility index (Phi) is 11.9. The van der Waals surface area contributed by atoms with Gasteiger partial charge in [0.25, 0.3) is 0 Å². The molecule has 0 amide bonds. The highest BCUT2D eigenvalue weighted by Crippen LogP contribution is 2.41. The van der Waals surface area contributed by atoms with Crippen LogP contribution in [0.15, 0.2) is 24.8 Å². The molecule has 1 atom stereocenters. The third-order valence-electron chi connectivity index (χ3n) is 6.25. The van der Waals surface area contributed by atoms with E-state index in [0.717, 1.165) is 18.8 Å². The number of carbonyl (C=O) groups is 2. The number of ether oxygens (including phenoxy) is 1. The zero-order valence-corrected chi connectivity index (χ0v) is 18.0. The predicted molar refractivity (Wildman–Crippen MR) is 114 cm³/mol. The van der Waals surface area contributed by atoms with Gasteiger partial charge in [-0.2, -0.15) is 0 Å². The minimum absolute atomic E-state index is 0.113. The molecule has 2 aliphatic carbocycles. The zero-order valence-electron chi connectivity index (χ0n) is 18.0. The fraction of sp³-hybridized carbons (Fsp3) is 0.750. The third-order valence-corrected chi connectivity index (χ3v) is 6.25. The maximum atomic E-state index is 11.3. The summed E-state index contributed by atoms with van der Waals surface area (Å²) < 4.78 is 4.96. The first-order valence-corrected chi connectivity index (χ1v) is 11.1. The molecule has 2 fully saturated rings. The van der Waals surface area contributed by atoms with Gasteiger partial charge < -0.3 is 9.84 Å². The van der Waals surface area contributed by atoms with Gasteiger partial charge in [0.05, 0.1) is 5.41 Å². The molecule has 0 aromatic carbocycles. The van der Waals surface area contributed by atoms with Crippen molar-refractivity contribution in [1.29, 1.82) is 0 Å². The fourth-order valence-electron chi connectivity index (χ4n) is 4.29. The van der Waals surface area contributed by atoms with Crippen LogP contribution in [-0.2, 0) is 14.3 Å². The normalized spacial score (nSPS) is 20.6. The van der Waals surface area contributed by atoms with E-state index in [9.17, 15) is 14.7 Å². The van der Waals surface area contributed by atoms with Crippen molar-refractivity contribution in [2.75, 3.05) is 6.61 Å². The Morgan fingerprint density at radius 1 is 1.07 bits per heavy atom. The van der Waals surface area contributed by atoms with E-state index >= 15 is 0 Å². The maximum absolute atomic E-state index is 11.3. The van der Waals surface area contributed by atoms with Crippen LogP contribution in [0.1, 0.15) is 90.9 Å². The molecule has 0 radical (unpaired) electrons. The molecule has 0 aromatic heterocycles. The number of carbonyl (C=O) groups excluding carboxylic acids is 1. The molecule has 2 rings (SSSR count). The number of hydrogen-bond acceptors (Lipinski definition) is 3. The van der Waals surface area contributed by atoms with E-state index in [1.807, 2.05) is 19.9 Å². The Balaban J connectivity index is 0.000000280. The lowest BCUT2D eigenvalue weighted by Crippen LogP contribution is -2.36. The SMILES string of the molecule is C=CCC(C)(C(=O)O)C1CCCCC1.CCC(=O)OCC=CC1CCCCC1. The Bertz CT molecular complexity index is 499. The monoisotopic (exact) mass is 392 g/mol. The number of aliphatic carboxylic acids is 1. The van der Waals surface area contributed by atoms with Crippen LogP contribution in [0, 0.1) is 17.3 Å². The second kappa shape index (κ2) is 13.6. The summed E-state index contributed by atoms with van der Waals surface area (Å²) in [5.74, 6) is 0.290. The summed E-state index contributed by atoms with van der Waals surface area (Å²) in [5, 5.41) is 9.27. The van der Waals surface area contributed by atoms with E-state index in [2.05, 4.69) is 12.7 Å². The zero-order chi connectivity index (χ0) is 20.8. The van der Waals surface area contributed by atoms with Crippen molar-refractivity contribution in [2.24, 2.45) is 17.3 Å². The Hall–Kier alpha value is -1.58. The van der Waals surface area contributed by atoms with Gasteiger partial charge in [0, 0.05) is 6.42 Å². The smallest absolute Gasteiger partial charge is 0.309 e. The van der Waals surface area contributed by atoms with Gasteiger partial charge in [-0.3, -0.25) is 9.59 Å². The topological polar surface area (TPSA) is 63.6 Å². The van der Waals surface area contributed by atoms with E-state index in [4.69, 9.17) is 4.74 Å². The second-order valence-electron chi connectivity index (χ2n) is 8.41. The Labute approximate surface area is 171 Å². The van der Waals surface area contributed by atoms with Crippen LogP contribution in [0.5, 0.6) is 0 Å². The van der Waals surface area contributed by atoms with Crippen LogP contribution in [0.25, 0.3) is 0 Å². The lowest BCUT2D eigenvalue weighted by Gasteiger charge is -2.35. The van der Waals surface area contributed by atoms with Crippen LogP contribution < -0.4 is 0 Å².